The average molecular weight is 292 g/mol. The number of nitrogens with one attached hydrogen (secondary N) is 1. The molecule has 2 aromatic rings. The van der Waals surface area contributed by atoms with Gasteiger partial charge in [-0.1, -0.05) is 19.9 Å². The van der Waals surface area contributed by atoms with E-state index in [0.717, 1.165) is 4.68 Å². The van der Waals surface area contributed by atoms with E-state index in [1.54, 1.807) is 24.4 Å². The summed E-state index contributed by atoms with van der Waals surface area (Å²) in [4.78, 5) is 24.0. The van der Waals surface area contributed by atoms with Gasteiger partial charge in [0.1, 0.15) is 6.54 Å². The van der Waals surface area contributed by atoms with E-state index in [0.29, 0.717) is 18.0 Å². The second-order valence-electron chi connectivity index (χ2n) is 5.45. The van der Waals surface area contributed by atoms with Crippen molar-refractivity contribution in [1.82, 2.24) is 19.5 Å². The zero-order chi connectivity index (χ0) is 15.4. The molecule has 0 aromatic carbocycles. The van der Waals surface area contributed by atoms with Crippen LogP contribution < -0.4 is 11.0 Å². The molecule has 2 aromatic heterocycles. The molecule has 0 aliphatic heterocycles. The molecule has 2 rings (SSSR count). The van der Waals surface area contributed by atoms with E-state index >= 15 is 0 Å². The summed E-state index contributed by atoms with van der Waals surface area (Å²) in [7, 11) is 0. The summed E-state index contributed by atoms with van der Waals surface area (Å²) in [6, 6.07) is 4.90. The monoisotopic (exact) mass is 292 g/mol. The van der Waals surface area contributed by atoms with Gasteiger partial charge in [0, 0.05) is 6.20 Å². The van der Waals surface area contributed by atoms with Crippen LogP contribution in [0.15, 0.2) is 29.2 Å². The fourth-order valence-corrected chi connectivity index (χ4v) is 2.23. The molecule has 1 unspecified atom stereocenters. The number of hydrogen-bond donors (Lipinski definition) is 2. The first-order chi connectivity index (χ1) is 10.0. The van der Waals surface area contributed by atoms with Gasteiger partial charge in [0.15, 0.2) is 5.65 Å². The van der Waals surface area contributed by atoms with Gasteiger partial charge in [0.2, 0.25) is 5.91 Å². The second kappa shape index (κ2) is 6.53. The topological polar surface area (TPSA) is 88.6 Å². The minimum atomic E-state index is -0.356. The highest BCUT2D eigenvalue weighted by atomic mass is 16.3. The van der Waals surface area contributed by atoms with Crippen molar-refractivity contribution in [3.8, 4) is 0 Å². The van der Waals surface area contributed by atoms with Gasteiger partial charge in [0.05, 0.1) is 12.6 Å². The number of carbonyl (C=O) groups is 1. The normalized spacial score (nSPS) is 12.8. The Balaban J connectivity index is 2.07. The molecular formula is C14H20N4O3. The first kappa shape index (κ1) is 15.2. The first-order valence-corrected chi connectivity index (χ1v) is 6.95. The van der Waals surface area contributed by atoms with Crippen molar-refractivity contribution in [2.24, 2.45) is 5.92 Å². The summed E-state index contributed by atoms with van der Waals surface area (Å²) in [5, 5.41) is 16.1. The van der Waals surface area contributed by atoms with Crippen molar-refractivity contribution < 1.29 is 9.90 Å². The Morgan fingerprint density at radius 3 is 2.81 bits per heavy atom. The molecule has 0 saturated carbocycles. The summed E-state index contributed by atoms with van der Waals surface area (Å²) in [6.07, 6.45) is 2.29. The average Bonchev–Trinajstić information content (AvgIpc) is 2.74. The molecule has 0 fully saturated rings. The summed E-state index contributed by atoms with van der Waals surface area (Å²) in [5.74, 6) is 0.0283. The van der Waals surface area contributed by atoms with Crippen molar-refractivity contribution in [2.75, 3.05) is 6.61 Å². The molecule has 7 nitrogen and oxygen atoms in total. The van der Waals surface area contributed by atoms with E-state index in [9.17, 15) is 14.7 Å². The molecule has 0 spiro atoms. The SMILES string of the molecule is CC(C)CC(CO)NC(=O)Cn1nc2ccccn2c1=O. The van der Waals surface area contributed by atoms with E-state index in [2.05, 4.69) is 10.4 Å². The summed E-state index contributed by atoms with van der Waals surface area (Å²) < 4.78 is 2.50. The number of carbonyl (C=O) groups excluding carboxylic acids is 1. The summed E-state index contributed by atoms with van der Waals surface area (Å²) in [6.45, 7) is 3.75. The molecule has 0 radical (unpaired) electrons. The van der Waals surface area contributed by atoms with Gasteiger partial charge in [-0.3, -0.25) is 9.20 Å². The molecule has 2 heterocycles. The molecule has 21 heavy (non-hydrogen) atoms. The fraction of sp³-hybridized carbons (Fsp3) is 0.500. The quantitative estimate of drug-likeness (QED) is 0.785. The van der Waals surface area contributed by atoms with Crippen molar-refractivity contribution in [1.29, 1.82) is 0 Å². The number of pyridine rings is 1. The molecule has 2 N–H and O–H groups in total. The van der Waals surface area contributed by atoms with Crippen molar-refractivity contribution in [3.63, 3.8) is 0 Å². The van der Waals surface area contributed by atoms with Crippen LogP contribution in [0.4, 0.5) is 0 Å². The highest BCUT2D eigenvalue weighted by Gasteiger charge is 2.15. The number of fused-ring (bicyclic) bond motifs is 1. The predicted molar refractivity (Wildman–Crippen MR) is 77.9 cm³/mol. The summed E-state index contributed by atoms with van der Waals surface area (Å²) in [5.41, 5.74) is 0.140. The van der Waals surface area contributed by atoms with Crippen LogP contribution >= 0.6 is 0 Å². The van der Waals surface area contributed by atoms with Crippen LogP contribution in [-0.4, -0.2) is 37.8 Å². The number of aliphatic hydroxyl groups is 1. The van der Waals surface area contributed by atoms with Gasteiger partial charge in [0.25, 0.3) is 0 Å². The minimum absolute atomic E-state index is 0.121. The Bertz CT molecular complexity index is 674. The van der Waals surface area contributed by atoms with Crippen LogP contribution in [-0.2, 0) is 11.3 Å². The van der Waals surface area contributed by atoms with Crippen molar-refractivity contribution in [2.45, 2.75) is 32.9 Å². The van der Waals surface area contributed by atoms with Crippen LogP contribution in [0.25, 0.3) is 5.65 Å². The lowest BCUT2D eigenvalue weighted by molar-refractivity contribution is -0.123. The van der Waals surface area contributed by atoms with Crippen LogP contribution in [0.1, 0.15) is 20.3 Å². The molecule has 0 bridgehead atoms. The minimum Gasteiger partial charge on any atom is -0.394 e. The standard InChI is InChI=1S/C14H20N4O3/c1-10(2)7-11(9-19)15-13(20)8-18-14(21)17-6-4-3-5-12(17)16-18/h3-6,10-11,19H,7-9H2,1-2H3,(H,15,20). The number of aromatic nitrogens is 3. The molecule has 1 atom stereocenters. The van der Waals surface area contributed by atoms with Gasteiger partial charge >= 0.3 is 5.69 Å². The number of amides is 1. The molecule has 0 saturated heterocycles. The Labute approximate surface area is 122 Å². The summed E-state index contributed by atoms with van der Waals surface area (Å²) >= 11 is 0. The van der Waals surface area contributed by atoms with Crippen molar-refractivity contribution in [3.05, 3.63) is 34.9 Å². The maximum Gasteiger partial charge on any atom is 0.350 e. The smallest absolute Gasteiger partial charge is 0.350 e. The van der Waals surface area contributed by atoms with Crippen LogP contribution in [0.5, 0.6) is 0 Å². The molecule has 0 aliphatic carbocycles. The lowest BCUT2D eigenvalue weighted by Gasteiger charge is -2.17. The molecule has 0 aliphatic rings. The zero-order valence-electron chi connectivity index (χ0n) is 12.2. The molecular weight excluding hydrogens is 272 g/mol. The van der Waals surface area contributed by atoms with E-state index in [-0.39, 0.29) is 30.8 Å². The zero-order valence-corrected chi connectivity index (χ0v) is 12.2. The maximum atomic E-state index is 12.0. The number of nitrogens with zero attached hydrogens (tertiary/aromatic N) is 3. The lowest BCUT2D eigenvalue weighted by atomic mass is 10.0. The Morgan fingerprint density at radius 2 is 2.19 bits per heavy atom. The van der Waals surface area contributed by atoms with E-state index in [1.165, 1.54) is 4.40 Å². The Hall–Kier alpha value is -2.15. The van der Waals surface area contributed by atoms with Crippen LogP contribution in [0, 0.1) is 5.92 Å². The third-order valence-electron chi connectivity index (χ3n) is 3.12. The third-order valence-corrected chi connectivity index (χ3v) is 3.12. The lowest BCUT2D eigenvalue weighted by Crippen LogP contribution is -2.41. The second-order valence-corrected chi connectivity index (χ2v) is 5.45. The van der Waals surface area contributed by atoms with E-state index < -0.39 is 0 Å². The first-order valence-electron chi connectivity index (χ1n) is 6.95. The van der Waals surface area contributed by atoms with Gasteiger partial charge in [-0.15, -0.1) is 5.10 Å². The predicted octanol–water partition coefficient (Wildman–Crippen LogP) is 0.0192. The van der Waals surface area contributed by atoms with Crippen LogP contribution in [0.3, 0.4) is 0 Å². The van der Waals surface area contributed by atoms with Gasteiger partial charge < -0.3 is 10.4 Å². The van der Waals surface area contributed by atoms with Gasteiger partial charge in [-0.2, -0.15) is 0 Å². The van der Waals surface area contributed by atoms with Crippen LogP contribution in [0.2, 0.25) is 0 Å². The number of aliphatic hydroxyl groups excluding tert-OH is 1. The highest BCUT2D eigenvalue weighted by Crippen LogP contribution is 2.04. The number of hydrogen-bond acceptors (Lipinski definition) is 4. The Morgan fingerprint density at radius 1 is 1.43 bits per heavy atom. The fourth-order valence-electron chi connectivity index (χ4n) is 2.23. The van der Waals surface area contributed by atoms with Gasteiger partial charge in [-0.25, -0.2) is 9.48 Å². The molecule has 1 amide bonds. The molecule has 114 valence electrons. The van der Waals surface area contributed by atoms with E-state index in [1.807, 2.05) is 13.8 Å². The largest absolute Gasteiger partial charge is 0.394 e. The van der Waals surface area contributed by atoms with Gasteiger partial charge in [-0.05, 0) is 24.5 Å². The molecule has 7 heteroatoms. The Kier molecular flexibility index (Phi) is 4.74. The van der Waals surface area contributed by atoms with E-state index in [4.69, 9.17) is 0 Å². The number of rotatable bonds is 6. The maximum absolute atomic E-state index is 12.0. The highest BCUT2D eigenvalue weighted by molar-refractivity contribution is 5.76. The van der Waals surface area contributed by atoms with Crippen molar-refractivity contribution >= 4 is 11.6 Å². The third kappa shape index (κ3) is 3.69.